The van der Waals surface area contributed by atoms with Gasteiger partial charge in [-0.3, -0.25) is 9.69 Å². The highest BCUT2D eigenvalue weighted by atomic mass is 32.1. The minimum absolute atomic E-state index is 0.0699. The van der Waals surface area contributed by atoms with E-state index in [1.165, 1.54) is 16.9 Å². The van der Waals surface area contributed by atoms with Crippen LogP contribution >= 0.6 is 11.3 Å². The van der Waals surface area contributed by atoms with Crippen LogP contribution in [0, 0.1) is 5.92 Å². The highest BCUT2D eigenvalue weighted by Crippen LogP contribution is 2.25. The Morgan fingerprint density at radius 3 is 2.76 bits per heavy atom. The molecule has 0 bridgehead atoms. The number of carbonyl (C=O) groups excluding carboxylic acids is 1. The largest absolute Gasteiger partial charge is 0.480 e. The van der Waals surface area contributed by atoms with Gasteiger partial charge in [-0.05, 0) is 17.5 Å². The molecule has 0 saturated carbocycles. The minimum Gasteiger partial charge on any atom is -0.480 e. The second-order valence-electron chi connectivity index (χ2n) is 7.54. The number of amides is 1. The Bertz CT molecular complexity index is 846. The molecule has 8 heteroatoms. The topological polar surface area (TPSA) is 91.8 Å². The van der Waals surface area contributed by atoms with Gasteiger partial charge in [0.05, 0.1) is 25.3 Å². The maximum atomic E-state index is 12.2. The lowest BCUT2D eigenvalue weighted by Gasteiger charge is -2.26. The van der Waals surface area contributed by atoms with E-state index < -0.39 is 12.0 Å². The zero-order valence-electron chi connectivity index (χ0n) is 16.8. The first-order chi connectivity index (χ1) is 13.9. The Hall–Kier alpha value is -2.29. The number of rotatable bonds is 8. The summed E-state index contributed by atoms with van der Waals surface area (Å²) in [4.78, 5) is 30.4. The predicted octanol–water partition coefficient (Wildman–Crippen LogP) is 2.41. The monoisotopic (exact) mass is 417 g/mol. The molecule has 2 aromatic rings. The van der Waals surface area contributed by atoms with Crippen LogP contribution in [0.1, 0.15) is 25.1 Å². The number of nitrogens with one attached hydrogen (secondary N) is 1. The van der Waals surface area contributed by atoms with Crippen LogP contribution in [0.3, 0.4) is 0 Å². The standard InChI is InChI=1S/C21H27N3O4S/c1-14(2)19(21(26)27)23-18(25)11-17-13-29-20(22-17)16-5-3-4-15(10-16)12-24-6-8-28-9-7-24/h3-5,10,13-14,19H,6-9,11-12H2,1-2H3,(H,23,25)(H,26,27). The number of carboxylic acid groups (broad SMARTS) is 1. The van der Waals surface area contributed by atoms with E-state index in [1.54, 1.807) is 13.8 Å². The smallest absolute Gasteiger partial charge is 0.326 e. The minimum atomic E-state index is -1.02. The number of ether oxygens (including phenoxy) is 1. The summed E-state index contributed by atoms with van der Waals surface area (Å²) in [6.07, 6.45) is 0.0699. The van der Waals surface area contributed by atoms with Gasteiger partial charge in [0.2, 0.25) is 5.91 Å². The van der Waals surface area contributed by atoms with Crippen molar-refractivity contribution >= 4 is 23.2 Å². The number of nitrogens with zero attached hydrogens (tertiary/aromatic N) is 2. The molecule has 1 unspecified atom stereocenters. The second-order valence-corrected chi connectivity index (χ2v) is 8.40. The maximum Gasteiger partial charge on any atom is 0.326 e. The van der Waals surface area contributed by atoms with Gasteiger partial charge in [0.15, 0.2) is 0 Å². The van der Waals surface area contributed by atoms with Crippen molar-refractivity contribution in [1.29, 1.82) is 0 Å². The number of carboxylic acids is 1. The van der Waals surface area contributed by atoms with Crippen molar-refractivity contribution in [2.45, 2.75) is 32.9 Å². The van der Waals surface area contributed by atoms with Gasteiger partial charge in [0.1, 0.15) is 11.0 Å². The van der Waals surface area contributed by atoms with Gasteiger partial charge in [0.25, 0.3) is 0 Å². The van der Waals surface area contributed by atoms with E-state index in [-0.39, 0.29) is 18.2 Å². The third-order valence-electron chi connectivity index (χ3n) is 4.83. The molecule has 1 fully saturated rings. The van der Waals surface area contributed by atoms with Gasteiger partial charge < -0.3 is 15.2 Å². The average molecular weight is 418 g/mol. The van der Waals surface area contributed by atoms with Crippen LogP contribution in [0.4, 0.5) is 0 Å². The quantitative estimate of drug-likeness (QED) is 0.685. The summed E-state index contributed by atoms with van der Waals surface area (Å²) >= 11 is 1.49. The predicted molar refractivity (Wildman–Crippen MR) is 112 cm³/mol. The van der Waals surface area contributed by atoms with Gasteiger partial charge in [-0.2, -0.15) is 0 Å². The van der Waals surface area contributed by atoms with Gasteiger partial charge in [-0.15, -0.1) is 11.3 Å². The number of carbonyl (C=O) groups is 2. The molecule has 1 aliphatic heterocycles. The highest BCUT2D eigenvalue weighted by Gasteiger charge is 2.23. The summed E-state index contributed by atoms with van der Waals surface area (Å²) in [5.41, 5.74) is 2.90. The van der Waals surface area contributed by atoms with E-state index in [0.29, 0.717) is 5.69 Å². The average Bonchev–Trinajstić information content (AvgIpc) is 3.15. The lowest BCUT2D eigenvalue weighted by molar-refractivity contribution is -0.143. The molecule has 0 radical (unpaired) electrons. The molecule has 0 spiro atoms. The molecule has 29 heavy (non-hydrogen) atoms. The van der Waals surface area contributed by atoms with Crippen molar-refractivity contribution in [3.63, 3.8) is 0 Å². The molecule has 1 amide bonds. The van der Waals surface area contributed by atoms with Crippen molar-refractivity contribution in [3.05, 3.63) is 40.9 Å². The number of hydrogen-bond donors (Lipinski definition) is 2. The van der Waals surface area contributed by atoms with Crippen LogP contribution in [0.2, 0.25) is 0 Å². The van der Waals surface area contributed by atoms with Crippen molar-refractivity contribution in [2.24, 2.45) is 5.92 Å². The van der Waals surface area contributed by atoms with Crippen LogP contribution in [-0.4, -0.2) is 59.2 Å². The van der Waals surface area contributed by atoms with E-state index in [2.05, 4.69) is 27.3 Å². The molecule has 1 aliphatic rings. The molecular weight excluding hydrogens is 390 g/mol. The summed E-state index contributed by atoms with van der Waals surface area (Å²) in [5, 5.41) is 14.5. The molecular formula is C21H27N3O4S. The number of aromatic nitrogens is 1. The summed E-state index contributed by atoms with van der Waals surface area (Å²) < 4.78 is 5.40. The fourth-order valence-electron chi connectivity index (χ4n) is 3.24. The molecule has 1 aromatic carbocycles. The molecule has 156 valence electrons. The van der Waals surface area contributed by atoms with E-state index in [1.807, 2.05) is 17.5 Å². The van der Waals surface area contributed by atoms with Crippen LogP contribution in [0.5, 0.6) is 0 Å². The molecule has 1 aromatic heterocycles. The zero-order chi connectivity index (χ0) is 20.8. The van der Waals surface area contributed by atoms with Crippen molar-refractivity contribution in [3.8, 4) is 10.6 Å². The van der Waals surface area contributed by atoms with E-state index in [4.69, 9.17) is 4.74 Å². The fourth-order valence-corrected chi connectivity index (χ4v) is 4.06. The summed E-state index contributed by atoms with van der Waals surface area (Å²) in [7, 11) is 0. The van der Waals surface area contributed by atoms with Gasteiger partial charge in [-0.25, -0.2) is 9.78 Å². The number of morpholine rings is 1. The third kappa shape index (κ3) is 6.09. The van der Waals surface area contributed by atoms with Gasteiger partial charge >= 0.3 is 5.97 Å². The van der Waals surface area contributed by atoms with Gasteiger partial charge in [0, 0.05) is 30.6 Å². The van der Waals surface area contributed by atoms with Crippen molar-refractivity contribution in [2.75, 3.05) is 26.3 Å². The molecule has 1 atom stereocenters. The Kier molecular flexibility index (Phi) is 7.35. The Labute approximate surface area is 174 Å². The first-order valence-electron chi connectivity index (χ1n) is 9.78. The molecule has 2 N–H and O–H groups in total. The Balaban J connectivity index is 1.62. The van der Waals surface area contributed by atoms with Crippen LogP contribution in [0.15, 0.2) is 29.6 Å². The van der Waals surface area contributed by atoms with Crippen LogP contribution in [0.25, 0.3) is 10.6 Å². The number of hydrogen-bond acceptors (Lipinski definition) is 6. The van der Waals surface area contributed by atoms with E-state index in [0.717, 1.165) is 43.4 Å². The molecule has 7 nitrogen and oxygen atoms in total. The van der Waals surface area contributed by atoms with E-state index in [9.17, 15) is 14.7 Å². The summed E-state index contributed by atoms with van der Waals surface area (Å²) in [5.74, 6) is -1.54. The van der Waals surface area contributed by atoms with Gasteiger partial charge in [-0.1, -0.05) is 32.0 Å². The number of aliphatic carboxylic acids is 1. The van der Waals surface area contributed by atoms with Crippen molar-refractivity contribution in [1.82, 2.24) is 15.2 Å². The van der Waals surface area contributed by atoms with E-state index >= 15 is 0 Å². The first-order valence-corrected chi connectivity index (χ1v) is 10.7. The second kappa shape index (κ2) is 9.96. The highest BCUT2D eigenvalue weighted by molar-refractivity contribution is 7.13. The number of benzene rings is 1. The lowest BCUT2D eigenvalue weighted by atomic mass is 10.0. The van der Waals surface area contributed by atoms with Crippen LogP contribution in [-0.2, 0) is 27.3 Å². The molecule has 0 aliphatic carbocycles. The molecule has 3 rings (SSSR count). The lowest BCUT2D eigenvalue weighted by Crippen LogP contribution is -2.44. The Morgan fingerprint density at radius 1 is 1.31 bits per heavy atom. The van der Waals surface area contributed by atoms with Crippen molar-refractivity contribution < 1.29 is 19.4 Å². The first kappa shape index (κ1) is 21.4. The zero-order valence-corrected chi connectivity index (χ0v) is 17.6. The number of thiazole rings is 1. The summed E-state index contributed by atoms with van der Waals surface area (Å²) in [6, 6.07) is 7.40. The fraction of sp³-hybridized carbons (Fsp3) is 0.476. The Morgan fingerprint density at radius 2 is 2.07 bits per heavy atom. The normalized spacial score (nSPS) is 16.0. The van der Waals surface area contributed by atoms with Crippen LogP contribution < -0.4 is 5.32 Å². The molecule has 1 saturated heterocycles. The third-order valence-corrected chi connectivity index (χ3v) is 5.77. The maximum absolute atomic E-state index is 12.2. The SMILES string of the molecule is CC(C)C(NC(=O)Cc1csc(-c2cccc(CN3CCOCC3)c2)n1)C(=O)O. The summed E-state index contributed by atoms with van der Waals surface area (Å²) in [6.45, 7) is 7.84. The molecule has 2 heterocycles.